The molecule has 0 aromatic heterocycles. The van der Waals surface area contributed by atoms with E-state index in [1.54, 1.807) is 0 Å². The number of ether oxygens (including phenoxy) is 1. The van der Waals surface area contributed by atoms with Crippen LogP contribution in [0.15, 0.2) is 0 Å². The van der Waals surface area contributed by atoms with Gasteiger partial charge in [-0.25, -0.2) is 4.39 Å². The van der Waals surface area contributed by atoms with E-state index in [0.717, 1.165) is 0 Å². The number of rotatable bonds is 2. The van der Waals surface area contributed by atoms with Gasteiger partial charge in [0.05, 0.1) is 13.2 Å². The van der Waals surface area contributed by atoms with Gasteiger partial charge in [0.2, 0.25) is 5.79 Å². The summed E-state index contributed by atoms with van der Waals surface area (Å²) < 4.78 is 17.4. The Labute approximate surface area is 68.0 Å². The second-order valence-corrected chi connectivity index (χ2v) is 2.73. The van der Waals surface area contributed by atoms with E-state index >= 15 is 0 Å². The molecule has 1 aliphatic rings. The molecule has 1 aliphatic heterocycles. The van der Waals surface area contributed by atoms with Crippen molar-refractivity contribution >= 4 is 0 Å². The Morgan fingerprint density at radius 3 is 2.25 bits per heavy atom. The summed E-state index contributed by atoms with van der Waals surface area (Å²) in [7, 11) is 0. The molecule has 0 radical (unpaired) electrons. The normalized spacial score (nSPS) is 48.2. The summed E-state index contributed by atoms with van der Waals surface area (Å²) in [4.78, 5) is 0. The fourth-order valence-corrected chi connectivity index (χ4v) is 1.12. The Hall–Kier alpha value is -0.270. The molecule has 0 aromatic rings. The van der Waals surface area contributed by atoms with Crippen LogP contribution in [0.25, 0.3) is 0 Å². The molecule has 12 heavy (non-hydrogen) atoms. The maximum absolute atomic E-state index is 12.9. The molecule has 0 saturated carbocycles. The van der Waals surface area contributed by atoms with Gasteiger partial charge >= 0.3 is 0 Å². The molecule has 4 atom stereocenters. The van der Waals surface area contributed by atoms with Gasteiger partial charge < -0.3 is 25.2 Å². The average Bonchev–Trinajstić information content (AvgIpc) is 2.31. The van der Waals surface area contributed by atoms with Gasteiger partial charge in [0.25, 0.3) is 0 Å². The standard InChI is InChI=1S/C6H11FO5/c7-4-3(1-8)12-6(11,2-9)5(4)10/h3-5,8-11H,1-2H2/t3-,4-,5+,6?/m1/s1. The van der Waals surface area contributed by atoms with Gasteiger partial charge in [-0.05, 0) is 0 Å². The van der Waals surface area contributed by atoms with Gasteiger partial charge in [-0.1, -0.05) is 0 Å². The Balaban J connectivity index is 2.72. The summed E-state index contributed by atoms with van der Waals surface area (Å²) in [6.07, 6.45) is -4.98. The summed E-state index contributed by atoms with van der Waals surface area (Å²) in [6, 6.07) is 0. The molecule has 5 nitrogen and oxygen atoms in total. The van der Waals surface area contributed by atoms with Gasteiger partial charge in [0.1, 0.15) is 12.2 Å². The summed E-state index contributed by atoms with van der Waals surface area (Å²) in [6.45, 7) is -1.56. The average molecular weight is 182 g/mol. The van der Waals surface area contributed by atoms with E-state index in [0.29, 0.717) is 0 Å². The zero-order valence-corrected chi connectivity index (χ0v) is 6.22. The van der Waals surface area contributed by atoms with Crippen LogP contribution in [0.3, 0.4) is 0 Å². The molecule has 1 saturated heterocycles. The summed E-state index contributed by atoms with van der Waals surface area (Å²) in [5.41, 5.74) is 0. The number of halogens is 1. The molecule has 0 bridgehead atoms. The highest BCUT2D eigenvalue weighted by molar-refractivity contribution is 4.95. The molecule has 0 aliphatic carbocycles. The number of aliphatic hydroxyl groups excluding tert-OH is 3. The van der Waals surface area contributed by atoms with Crippen molar-refractivity contribution in [3.05, 3.63) is 0 Å². The molecule has 0 spiro atoms. The first-order valence-electron chi connectivity index (χ1n) is 3.49. The van der Waals surface area contributed by atoms with Gasteiger partial charge in [0, 0.05) is 0 Å². The van der Waals surface area contributed by atoms with Crippen LogP contribution >= 0.6 is 0 Å². The number of hydrogen-bond acceptors (Lipinski definition) is 5. The SMILES string of the molecule is OC[C@H]1OC(O)(CO)[C@@H](O)[C@@H]1F. The van der Waals surface area contributed by atoms with Crippen molar-refractivity contribution < 1.29 is 29.6 Å². The lowest BCUT2D eigenvalue weighted by atomic mass is 10.1. The van der Waals surface area contributed by atoms with Crippen LogP contribution in [-0.4, -0.2) is 57.8 Å². The highest BCUT2D eigenvalue weighted by atomic mass is 19.1. The van der Waals surface area contributed by atoms with Gasteiger partial charge in [-0.15, -0.1) is 0 Å². The van der Waals surface area contributed by atoms with Crippen molar-refractivity contribution in [3.8, 4) is 0 Å². The predicted octanol–water partition coefficient (Wildman–Crippen LogP) is -2.24. The van der Waals surface area contributed by atoms with E-state index in [9.17, 15) is 4.39 Å². The number of hydrogen-bond donors (Lipinski definition) is 4. The van der Waals surface area contributed by atoms with Gasteiger partial charge in [0.15, 0.2) is 6.17 Å². The van der Waals surface area contributed by atoms with E-state index in [2.05, 4.69) is 4.74 Å². The second kappa shape index (κ2) is 3.23. The summed E-state index contributed by atoms with van der Waals surface area (Å²) >= 11 is 0. The van der Waals surface area contributed by atoms with Crippen LogP contribution in [-0.2, 0) is 4.74 Å². The molecule has 1 heterocycles. The first kappa shape index (κ1) is 9.82. The van der Waals surface area contributed by atoms with Crippen molar-refractivity contribution in [2.75, 3.05) is 13.2 Å². The lowest BCUT2D eigenvalue weighted by Gasteiger charge is -2.22. The Kier molecular flexibility index (Phi) is 2.64. The van der Waals surface area contributed by atoms with E-state index in [1.807, 2.05) is 0 Å². The number of aliphatic hydroxyl groups is 4. The maximum Gasteiger partial charge on any atom is 0.219 e. The monoisotopic (exact) mass is 182 g/mol. The molecule has 72 valence electrons. The minimum absolute atomic E-state index is 0.652. The molecular formula is C6H11FO5. The van der Waals surface area contributed by atoms with Crippen LogP contribution in [0.2, 0.25) is 0 Å². The topological polar surface area (TPSA) is 90.2 Å². The third-order valence-corrected chi connectivity index (χ3v) is 1.88. The third kappa shape index (κ3) is 1.32. The lowest BCUT2D eigenvalue weighted by molar-refractivity contribution is -0.247. The van der Waals surface area contributed by atoms with Crippen molar-refractivity contribution in [1.82, 2.24) is 0 Å². The first-order chi connectivity index (χ1) is 5.55. The van der Waals surface area contributed by atoms with Crippen molar-refractivity contribution in [2.45, 2.75) is 24.2 Å². The highest BCUT2D eigenvalue weighted by Gasteiger charge is 2.53. The van der Waals surface area contributed by atoms with Crippen molar-refractivity contribution in [2.24, 2.45) is 0 Å². The molecule has 1 unspecified atom stereocenters. The lowest BCUT2D eigenvalue weighted by Crippen LogP contribution is -2.45. The van der Waals surface area contributed by atoms with E-state index in [4.69, 9.17) is 20.4 Å². The fraction of sp³-hybridized carbons (Fsp3) is 1.00. The van der Waals surface area contributed by atoms with E-state index in [-0.39, 0.29) is 0 Å². The fourth-order valence-electron chi connectivity index (χ4n) is 1.12. The molecule has 1 rings (SSSR count). The third-order valence-electron chi connectivity index (χ3n) is 1.88. The highest BCUT2D eigenvalue weighted by Crippen LogP contribution is 2.30. The minimum Gasteiger partial charge on any atom is -0.394 e. The molecular weight excluding hydrogens is 171 g/mol. The molecule has 0 aromatic carbocycles. The van der Waals surface area contributed by atoms with Gasteiger partial charge in [-0.3, -0.25) is 0 Å². The second-order valence-electron chi connectivity index (χ2n) is 2.73. The number of alkyl halides is 1. The minimum atomic E-state index is -2.28. The molecule has 0 amide bonds. The van der Waals surface area contributed by atoms with Crippen molar-refractivity contribution in [3.63, 3.8) is 0 Å². The van der Waals surface area contributed by atoms with Crippen LogP contribution < -0.4 is 0 Å². The quantitative estimate of drug-likeness (QED) is 0.387. The van der Waals surface area contributed by atoms with Crippen molar-refractivity contribution in [1.29, 1.82) is 0 Å². The summed E-state index contributed by atoms with van der Waals surface area (Å²) in [5, 5.41) is 35.2. The first-order valence-corrected chi connectivity index (χ1v) is 3.49. The van der Waals surface area contributed by atoms with Crippen LogP contribution in [0.1, 0.15) is 0 Å². The van der Waals surface area contributed by atoms with Crippen LogP contribution in [0.5, 0.6) is 0 Å². The molecule has 6 heteroatoms. The Morgan fingerprint density at radius 2 is 2.00 bits per heavy atom. The Bertz CT molecular complexity index is 166. The summed E-state index contributed by atoms with van der Waals surface area (Å²) in [5.74, 6) is -2.28. The molecule has 1 fully saturated rings. The smallest absolute Gasteiger partial charge is 0.219 e. The van der Waals surface area contributed by atoms with Crippen LogP contribution in [0.4, 0.5) is 4.39 Å². The largest absolute Gasteiger partial charge is 0.394 e. The van der Waals surface area contributed by atoms with Crippen LogP contribution in [0, 0.1) is 0 Å². The Morgan fingerprint density at radius 1 is 1.42 bits per heavy atom. The molecule has 4 N–H and O–H groups in total. The van der Waals surface area contributed by atoms with E-state index < -0.39 is 37.4 Å². The zero-order chi connectivity index (χ0) is 9.35. The zero-order valence-electron chi connectivity index (χ0n) is 6.22. The van der Waals surface area contributed by atoms with Gasteiger partial charge in [-0.2, -0.15) is 0 Å². The maximum atomic E-state index is 12.9. The predicted molar refractivity (Wildman–Crippen MR) is 34.9 cm³/mol. The van der Waals surface area contributed by atoms with E-state index in [1.165, 1.54) is 0 Å².